The Morgan fingerprint density at radius 2 is 0.807 bits per heavy atom. The fourth-order valence-corrected chi connectivity index (χ4v) is 15.2. The molecule has 10 heterocycles. The van der Waals surface area contributed by atoms with Crippen molar-refractivity contribution in [1.29, 1.82) is 5.26 Å². The number of aromatic amines is 2. The number of nitrogens with zero attached hydrogens (tertiary/aromatic N) is 15. The first-order valence-corrected chi connectivity index (χ1v) is 38.0. The van der Waals surface area contributed by atoms with Crippen LogP contribution in [0.4, 0.5) is 39.6 Å². The Kier molecular flexibility index (Phi) is 21.2. The van der Waals surface area contributed by atoms with E-state index in [-0.39, 0.29) is 106 Å². The molecule has 0 spiro atoms. The molecule has 13 N–H and O–H groups in total. The van der Waals surface area contributed by atoms with Crippen LogP contribution in [-0.4, -0.2) is 97.4 Å². The number of nitrogen functional groups attached to an aromatic ring is 2. The molecule has 0 radical (unpaired) electrons. The Bertz CT molecular complexity index is 6530. The summed E-state index contributed by atoms with van der Waals surface area (Å²) in [7, 11) is 1.54. The number of nitrogens with one attached hydrogen (secondary N) is 7. The topological polar surface area (TPSA) is 445 Å². The maximum atomic E-state index is 14.0. The molecular formula is C78H72Cl4FN25O6. The number of hydrogen-bond acceptors (Lipinski definition) is 23. The quantitative estimate of drug-likeness (QED) is 0.0381. The lowest BCUT2D eigenvalue weighted by Gasteiger charge is -2.21. The van der Waals surface area contributed by atoms with E-state index in [0.29, 0.717) is 86.7 Å². The molecule has 0 bridgehead atoms. The Morgan fingerprint density at radius 3 is 1.15 bits per heavy atom. The second-order valence-electron chi connectivity index (χ2n) is 28.2. The van der Waals surface area contributed by atoms with E-state index in [1.165, 1.54) is 18.9 Å². The lowest BCUT2D eigenvalue weighted by atomic mass is 10.1. The molecule has 36 heteroatoms. The number of nitrogens with two attached hydrogens (primary N) is 3. The molecule has 4 fully saturated rings. The van der Waals surface area contributed by atoms with Crippen molar-refractivity contribution in [2.75, 3.05) is 39.8 Å². The fraction of sp³-hybridized carbons (Fsp3) is 0.269. The van der Waals surface area contributed by atoms with E-state index in [0.717, 1.165) is 102 Å². The van der Waals surface area contributed by atoms with E-state index in [4.69, 9.17) is 63.6 Å². The number of benzene rings is 4. The first-order valence-electron chi connectivity index (χ1n) is 36.5. The van der Waals surface area contributed by atoms with Crippen LogP contribution in [0.25, 0.3) is 65.2 Å². The number of pyridine rings is 4. The highest BCUT2D eigenvalue weighted by Crippen LogP contribution is 2.43. The molecule has 4 saturated carbocycles. The van der Waals surface area contributed by atoms with Crippen molar-refractivity contribution in [3.63, 3.8) is 0 Å². The Labute approximate surface area is 665 Å². The average Bonchev–Trinajstić information content (AvgIpc) is 1.47. The Morgan fingerprint density at radius 1 is 0.482 bits per heavy atom. The molecule has 2 amide bonds. The minimum absolute atomic E-state index is 0.00554. The van der Waals surface area contributed by atoms with Gasteiger partial charge < -0.3 is 62.1 Å². The van der Waals surface area contributed by atoms with Crippen molar-refractivity contribution in [2.24, 2.45) is 5.73 Å². The summed E-state index contributed by atoms with van der Waals surface area (Å²) in [5, 5.41) is 46.1. The van der Waals surface area contributed by atoms with Crippen LogP contribution in [0.5, 0.6) is 0 Å². The lowest BCUT2D eigenvalue weighted by Crippen LogP contribution is -2.26. The summed E-state index contributed by atoms with van der Waals surface area (Å²) in [6.07, 6.45) is 12.7. The molecule has 4 atom stereocenters. The van der Waals surface area contributed by atoms with Crippen molar-refractivity contribution in [1.82, 2.24) is 83.9 Å². The number of carbonyl (C=O) groups is 2. The average molecular weight is 1620 g/mol. The summed E-state index contributed by atoms with van der Waals surface area (Å²) in [5.41, 5.74) is 20.9. The minimum atomic E-state index is -0.654. The number of amides is 2. The maximum Gasteiger partial charge on any atom is 0.269 e. The standard InChI is InChI=1S/C21H20ClN7O2.C20H18ClN7O2.C19H17ClN6O.C18H17ClFN5O/c1-10(26-18-16-17(20(30)23-2)27-28-19(16)25-9-24-18)14-8-11-4-3-5-13(22)15(11)21(31)29(14)12-6-7-12;1-9(25-18-15-16(17(22)29)26-27-19(15)24-8-23-18)13-7-10-3-2-4-12(21)14(10)20(30)28(13)11-5-6-11;1-10(24-17-12(8-21)9-23-19(22)25-17)15-7-11-3-2-4-14(20)16(11)18(27)26(15)13-5-6-13;1-9(23-16-13(20)8-22-18(21)24-16)14-7-10-3-2-4-12(19)15(10)17(26)25(14)11-5-6-11/h3-5,8-10,12H,6-7H2,1-2H3,(H,23,30)(H2,24,25,26,27,28);2-4,7-9,11H,5-6H2,1H3,(H2,22,29)(H2,23,24,25,26,27);2-4,7,9-10,13H,5-6H2,1H3,(H3,22,23,24,25);2-4,7-9,11H,5-6H2,1H3,(H3,21,22,23,24)/t10-;9-;10-;9-/m0000/s1. The van der Waals surface area contributed by atoms with Gasteiger partial charge >= 0.3 is 0 Å². The molecule has 0 saturated heterocycles. The van der Waals surface area contributed by atoms with Crippen molar-refractivity contribution in [3.8, 4) is 6.07 Å². The second-order valence-corrected chi connectivity index (χ2v) is 29.8. The molecule has 580 valence electrons. The molecule has 18 rings (SSSR count). The smallest absolute Gasteiger partial charge is 0.269 e. The van der Waals surface area contributed by atoms with E-state index in [1.807, 2.05) is 114 Å². The third-order valence-electron chi connectivity index (χ3n) is 20.2. The molecule has 0 aliphatic heterocycles. The summed E-state index contributed by atoms with van der Waals surface area (Å²) < 4.78 is 21.2. The highest BCUT2D eigenvalue weighted by Gasteiger charge is 2.35. The number of halogens is 5. The molecule has 4 aromatic carbocycles. The zero-order valence-corrected chi connectivity index (χ0v) is 64.6. The third-order valence-corrected chi connectivity index (χ3v) is 21.4. The Hall–Kier alpha value is -12.7. The number of carbonyl (C=O) groups excluding carboxylic acids is 2. The molecule has 4 aliphatic rings. The van der Waals surface area contributed by atoms with Crippen LogP contribution in [0, 0.1) is 17.1 Å². The summed E-state index contributed by atoms with van der Waals surface area (Å²) in [6, 6.07) is 31.0. The summed E-state index contributed by atoms with van der Waals surface area (Å²) >= 11 is 25.2. The van der Waals surface area contributed by atoms with Gasteiger partial charge in [-0.1, -0.05) is 94.9 Å². The minimum Gasteiger partial charge on any atom is -0.368 e. The molecule has 31 nitrogen and oxygen atoms in total. The van der Waals surface area contributed by atoms with E-state index in [2.05, 4.69) is 86.9 Å². The van der Waals surface area contributed by atoms with Gasteiger partial charge in [0.05, 0.1) is 89.0 Å². The van der Waals surface area contributed by atoms with E-state index < -0.39 is 11.7 Å². The first kappa shape index (κ1) is 76.7. The summed E-state index contributed by atoms with van der Waals surface area (Å²) in [4.78, 5) is 109. The number of rotatable bonds is 18. The van der Waals surface area contributed by atoms with E-state index >= 15 is 0 Å². The van der Waals surface area contributed by atoms with Gasteiger partial charge in [-0.25, -0.2) is 34.3 Å². The van der Waals surface area contributed by atoms with Gasteiger partial charge in [0.25, 0.3) is 34.1 Å². The van der Waals surface area contributed by atoms with Crippen LogP contribution in [0.1, 0.15) is 177 Å². The van der Waals surface area contributed by atoms with Gasteiger partial charge in [-0.2, -0.15) is 25.4 Å². The number of aromatic nitrogens is 16. The summed E-state index contributed by atoms with van der Waals surface area (Å²) in [6.45, 7) is 7.66. The molecule has 4 aliphatic carbocycles. The van der Waals surface area contributed by atoms with Crippen LogP contribution in [0.3, 0.4) is 0 Å². The van der Waals surface area contributed by atoms with Crippen LogP contribution < -0.4 is 66.0 Å². The molecular weight excluding hydrogens is 1540 g/mol. The van der Waals surface area contributed by atoms with E-state index in [1.54, 1.807) is 41.9 Å². The number of primary amides is 1. The molecule has 14 aromatic rings. The zero-order valence-electron chi connectivity index (χ0n) is 61.6. The number of fused-ring (bicyclic) bond motifs is 6. The van der Waals surface area contributed by atoms with Gasteiger partial charge in [-0.3, -0.25) is 39.0 Å². The van der Waals surface area contributed by atoms with Gasteiger partial charge in [0.1, 0.15) is 53.1 Å². The van der Waals surface area contributed by atoms with Gasteiger partial charge in [0, 0.05) is 54.0 Å². The SMILES string of the molecule is CNC(=O)c1[nH]nc2ncnc(N[C@@H](C)c3cc4cccc(Cl)c4c(=O)n3C3CC3)c12.C[C@H](Nc1nc(N)ncc1C#N)c1cc2cccc(Cl)c2c(=O)n1C1CC1.C[C@H](Nc1nc(N)ncc1F)c1cc2cccc(Cl)c2c(=O)n1C1CC1.C[C@H](Nc1ncnc2n[nH]c(C(N)=O)c12)c1cc2cccc(Cl)c2c(=O)n1C1CC1. The van der Waals surface area contributed by atoms with Gasteiger partial charge in [0.15, 0.2) is 22.9 Å². The maximum absolute atomic E-state index is 14.0. The van der Waals surface area contributed by atoms with Crippen LogP contribution in [0.2, 0.25) is 20.1 Å². The highest BCUT2D eigenvalue weighted by atomic mass is 35.5. The Balaban J connectivity index is 0.000000120. The second kappa shape index (κ2) is 31.5. The third kappa shape index (κ3) is 15.2. The van der Waals surface area contributed by atoms with Gasteiger partial charge in [0.2, 0.25) is 11.9 Å². The lowest BCUT2D eigenvalue weighted by molar-refractivity contribution is 0.0958. The van der Waals surface area contributed by atoms with Crippen LogP contribution in [0.15, 0.2) is 141 Å². The van der Waals surface area contributed by atoms with Gasteiger partial charge in [-0.05, 0) is 149 Å². The van der Waals surface area contributed by atoms with Crippen molar-refractivity contribution < 1.29 is 14.0 Å². The predicted octanol–water partition coefficient (Wildman–Crippen LogP) is 13.2. The van der Waals surface area contributed by atoms with E-state index in [9.17, 15) is 38.4 Å². The summed E-state index contributed by atoms with van der Waals surface area (Å²) in [5.74, 6) is -0.289. The molecule has 114 heavy (non-hydrogen) atoms. The molecule has 10 aromatic heterocycles. The number of anilines is 6. The number of nitriles is 1. The highest BCUT2D eigenvalue weighted by molar-refractivity contribution is 6.37. The zero-order chi connectivity index (χ0) is 80.2. The monoisotopic (exact) mass is 1610 g/mol. The predicted molar refractivity (Wildman–Crippen MR) is 437 cm³/mol. The van der Waals surface area contributed by atoms with Crippen LogP contribution in [-0.2, 0) is 0 Å². The molecule has 0 unspecified atom stereocenters. The first-order chi connectivity index (χ1) is 54.9. The fourth-order valence-electron chi connectivity index (χ4n) is 14.2. The van der Waals surface area contributed by atoms with Crippen molar-refractivity contribution in [3.05, 3.63) is 229 Å². The van der Waals surface area contributed by atoms with Gasteiger partial charge in [-0.15, -0.1) is 0 Å². The van der Waals surface area contributed by atoms with Crippen LogP contribution >= 0.6 is 46.4 Å². The van der Waals surface area contributed by atoms with Crippen molar-refractivity contribution in [2.45, 2.75) is 127 Å². The number of H-pyrrole nitrogens is 2. The number of hydrogen-bond donors (Lipinski definition) is 10. The normalized spacial score (nSPS) is 14.9. The van der Waals surface area contributed by atoms with Crippen molar-refractivity contribution >= 4 is 159 Å². The largest absolute Gasteiger partial charge is 0.368 e.